The van der Waals surface area contributed by atoms with Crippen molar-refractivity contribution in [2.45, 2.75) is 18.5 Å². The van der Waals surface area contributed by atoms with E-state index in [-0.39, 0.29) is 22.7 Å². The van der Waals surface area contributed by atoms with Gasteiger partial charge in [0.2, 0.25) is 0 Å². The molecule has 1 aromatic carbocycles. The minimum Gasteiger partial charge on any atom is -0.319 e. The summed E-state index contributed by atoms with van der Waals surface area (Å²) in [5.41, 5.74) is 2.08. The Labute approximate surface area is 145 Å². The average molecular weight is 332 g/mol. The third-order valence-electron chi connectivity index (χ3n) is 4.43. The van der Waals surface area contributed by atoms with Crippen molar-refractivity contribution in [3.8, 4) is 0 Å². The molecule has 1 aromatic heterocycles. The van der Waals surface area contributed by atoms with Gasteiger partial charge < -0.3 is 4.90 Å². The van der Waals surface area contributed by atoms with E-state index in [1.807, 2.05) is 53.4 Å². The summed E-state index contributed by atoms with van der Waals surface area (Å²) in [7, 11) is 0. The van der Waals surface area contributed by atoms with Crippen LogP contribution in [0, 0.1) is 10.1 Å². The summed E-state index contributed by atoms with van der Waals surface area (Å²) in [6.07, 6.45) is 7.26. The lowest BCUT2D eigenvalue weighted by Gasteiger charge is -2.37. The summed E-state index contributed by atoms with van der Waals surface area (Å²) < 4.78 is 0. The van der Waals surface area contributed by atoms with Crippen molar-refractivity contribution >= 4 is 5.84 Å². The molecule has 0 amide bonds. The van der Waals surface area contributed by atoms with Gasteiger partial charge in [-0.1, -0.05) is 36.4 Å². The summed E-state index contributed by atoms with van der Waals surface area (Å²) in [4.78, 5) is 21.9. The number of pyridine rings is 1. The zero-order chi connectivity index (χ0) is 17.2. The van der Waals surface area contributed by atoms with Gasteiger partial charge in [0.15, 0.2) is 0 Å². The highest BCUT2D eigenvalue weighted by Crippen LogP contribution is 2.39. The van der Waals surface area contributed by atoms with Crippen LogP contribution in [0.15, 0.2) is 83.8 Å². The zero-order valence-electron chi connectivity index (χ0n) is 13.4. The maximum absolute atomic E-state index is 11.2. The minimum atomic E-state index is -0.375. The van der Waals surface area contributed by atoms with Gasteiger partial charge in [-0.2, -0.15) is 0 Å². The summed E-state index contributed by atoms with van der Waals surface area (Å²) >= 11 is 0. The number of nitrogens with zero attached hydrogens (tertiary/aromatic N) is 4. The van der Waals surface area contributed by atoms with Crippen molar-refractivity contribution in [3.05, 3.63) is 100 Å². The van der Waals surface area contributed by atoms with Gasteiger partial charge in [-0.15, -0.1) is 0 Å². The molecule has 2 aromatic rings. The molecule has 0 fully saturated rings. The molecule has 6 nitrogen and oxygen atoms in total. The third-order valence-corrected chi connectivity index (χ3v) is 4.43. The van der Waals surface area contributed by atoms with E-state index in [1.54, 1.807) is 18.5 Å². The van der Waals surface area contributed by atoms with E-state index < -0.39 is 0 Å². The Balaban J connectivity index is 1.78. The van der Waals surface area contributed by atoms with E-state index in [1.165, 1.54) is 6.08 Å². The second kappa shape index (κ2) is 6.32. The molecule has 6 heteroatoms. The Hall–Kier alpha value is -3.28. The number of hydrogen-bond acceptors (Lipinski definition) is 5. The van der Waals surface area contributed by atoms with Crippen LogP contribution in [-0.2, 0) is 0 Å². The first kappa shape index (κ1) is 15.3. The number of hydrogen-bond donors (Lipinski definition) is 0. The number of amidine groups is 1. The van der Waals surface area contributed by atoms with E-state index in [4.69, 9.17) is 4.99 Å². The number of fused-ring (bicyclic) bond motifs is 1. The molecule has 0 saturated carbocycles. The smallest absolute Gasteiger partial charge is 0.285 e. The first-order chi connectivity index (χ1) is 12.2. The molecule has 2 aliphatic rings. The lowest BCUT2D eigenvalue weighted by atomic mass is 9.93. The number of aliphatic imine (C=N–C) groups is 1. The van der Waals surface area contributed by atoms with Crippen LogP contribution in [0.1, 0.15) is 29.8 Å². The fraction of sp³-hybridized carbons (Fsp3) is 0.158. The first-order valence-corrected chi connectivity index (χ1v) is 8.08. The molecule has 124 valence electrons. The van der Waals surface area contributed by atoms with Crippen LogP contribution in [0.4, 0.5) is 0 Å². The highest BCUT2D eigenvalue weighted by molar-refractivity contribution is 5.96. The van der Waals surface area contributed by atoms with Gasteiger partial charge in [0.1, 0.15) is 5.84 Å². The average Bonchev–Trinajstić information content (AvgIpc) is 2.68. The van der Waals surface area contributed by atoms with Crippen LogP contribution in [-0.4, -0.2) is 20.6 Å². The topological polar surface area (TPSA) is 71.6 Å². The van der Waals surface area contributed by atoms with Gasteiger partial charge in [-0.3, -0.25) is 20.1 Å². The quantitative estimate of drug-likeness (QED) is 0.635. The monoisotopic (exact) mass is 332 g/mol. The molecule has 4 rings (SSSR count). The van der Waals surface area contributed by atoms with Crippen LogP contribution in [0.2, 0.25) is 0 Å². The van der Waals surface area contributed by atoms with Crippen molar-refractivity contribution in [2.24, 2.45) is 4.99 Å². The number of rotatable bonds is 3. The van der Waals surface area contributed by atoms with Crippen LogP contribution in [0.3, 0.4) is 0 Å². The number of nitro groups is 1. The fourth-order valence-corrected chi connectivity index (χ4v) is 3.23. The summed E-state index contributed by atoms with van der Waals surface area (Å²) in [5.74, 6) is 0.723. The van der Waals surface area contributed by atoms with Crippen LogP contribution in [0.25, 0.3) is 0 Å². The van der Waals surface area contributed by atoms with E-state index in [0.717, 1.165) is 17.1 Å². The summed E-state index contributed by atoms with van der Waals surface area (Å²) in [6, 6.07) is 15.7. The number of benzene rings is 1. The van der Waals surface area contributed by atoms with Crippen LogP contribution >= 0.6 is 0 Å². The van der Waals surface area contributed by atoms with Gasteiger partial charge in [-0.05, 0) is 23.8 Å². The third kappa shape index (κ3) is 2.94. The van der Waals surface area contributed by atoms with E-state index in [2.05, 4.69) is 4.98 Å². The van der Waals surface area contributed by atoms with Gasteiger partial charge in [-0.25, -0.2) is 0 Å². The maximum Gasteiger partial charge on any atom is 0.285 e. The molecule has 0 spiro atoms. The normalized spacial score (nSPS) is 22.0. The summed E-state index contributed by atoms with van der Waals surface area (Å²) in [6.45, 7) is 0. The molecule has 2 unspecified atom stereocenters. The Morgan fingerprint density at radius 2 is 1.88 bits per heavy atom. The van der Waals surface area contributed by atoms with Gasteiger partial charge in [0.05, 0.1) is 28.9 Å². The Morgan fingerprint density at radius 1 is 1.08 bits per heavy atom. The fourth-order valence-electron chi connectivity index (χ4n) is 3.23. The molecular formula is C19H16N4O2. The molecule has 25 heavy (non-hydrogen) atoms. The standard InChI is InChI=1S/C19H16N4O2/c24-23(25)15-9-10-19-21-17(16-8-4-5-11-20-16)12-18(22(19)13-15)14-6-2-1-3-7-14/h1-11,13,17-18H,12H2. The molecule has 0 N–H and O–H groups in total. The molecule has 2 aliphatic heterocycles. The van der Waals surface area contributed by atoms with Crippen molar-refractivity contribution in [2.75, 3.05) is 0 Å². The van der Waals surface area contributed by atoms with Gasteiger partial charge in [0, 0.05) is 18.7 Å². The first-order valence-electron chi connectivity index (χ1n) is 8.08. The minimum absolute atomic E-state index is 0.0272. The van der Waals surface area contributed by atoms with Crippen LogP contribution < -0.4 is 0 Å². The Morgan fingerprint density at radius 3 is 2.60 bits per heavy atom. The highest BCUT2D eigenvalue weighted by Gasteiger charge is 2.34. The second-order valence-electron chi connectivity index (χ2n) is 5.97. The summed E-state index contributed by atoms with van der Waals surface area (Å²) in [5, 5.41) is 11.2. The van der Waals surface area contributed by atoms with Crippen molar-refractivity contribution in [1.82, 2.24) is 9.88 Å². The van der Waals surface area contributed by atoms with Crippen molar-refractivity contribution < 1.29 is 4.92 Å². The van der Waals surface area contributed by atoms with Crippen molar-refractivity contribution in [1.29, 1.82) is 0 Å². The van der Waals surface area contributed by atoms with Crippen molar-refractivity contribution in [3.63, 3.8) is 0 Å². The molecule has 0 bridgehead atoms. The Bertz CT molecular complexity index is 875. The lowest BCUT2D eigenvalue weighted by molar-refractivity contribution is -0.420. The lowest BCUT2D eigenvalue weighted by Crippen LogP contribution is -2.36. The molecule has 0 radical (unpaired) electrons. The van der Waals surface area contributed by atoms with E-state index in [9.17, 15) is 10.1 Å². The largest absolute Gasteiger partial charge is 0.319 e. The van der Waals surface area contributed by atoms with Crippen LogP contribution in [0.5, 0.6) is 0 Å². The van der Waals surface area contributed by atoms with E-state index >= 15 is 0 Å². The predicted molar refractivity (Wildman–Crippen MR) is 94.3 cm³/mol. The molecule has 0 aliphatic carbocycles. The van der Waals surface area contributed by atoms with Gasteiger partial charge in [0.25, 0.3) is 5.70 Å². The number of allylic oxidation sites excluding steroid dienone is 1. The predicted octanol–water partition coefficient (Wildman–Crippen LogP) is 3.66. The number of aromatic nitrogens is 1. The molecule has 0 saturated heterocycles. The zero-order valence-corrected chi connectivity index (χ0v) is 13.4. The maximum atomic E-state index is 11.2. The van der Waals surface area contributed by atoms with E-state index in [0.29, 0.717) is 6.42 Å². The second-order valence-corrected chi connectivity index (χ2v) is 5.97. The SMILES string of the molecule is O=[N+]([O-])C1=CN2C(=NC(c3ccccn3)CC2c2ccccc2)C=C1. The van der Waals surface area contributed by atoms with Gasteiger partial charge >= 0.3 is 0 Å². The highest BCUT2D eigenvalue weighted by atomic mass is 16.6. The molecule has 2 atom stereocenters. The Kier molecular flexibility index (Phi) is 3.85. The molecule has 3 heterocycles. The molecular weight excluding hydrogens is 316 g/mol.